The van der Waals surface area contributed by atoms with Crippen LogP contribution >= 0.6 is 23.2 Å². The summed E-state index contributed by atoms with van der Waals surface area (Å²) in [7, 11) is 0. The van der Waals surface area contributed by atoms with Crippen LogP contribution in [0.4, 0.5) is 4.39 Å². The first-order valence-corrected chi connectivity index (χ1v) is 11.0. The molecule has 0 spiro atoms. The van der Waals surface area contributed by atoms with Crippen molar-refractivity contribution in [3.8, 4) is 0 Å². The van der Waals surface area contributed by atoms with Gasteiger partial charge in [-0.2, -0.15) is 0 Å². The molecule has 2 aromatic rings. The third-order valence-electron chi connectivity index (χ3n) is 6.19. The Bertz CT molecular complexity index is 866. The lowest BCUT2D eigenvalue weighted by atomic mass is 9.89. The topological polar surface area (TPSA) is 23.6 Å². The summed E-state index contributed by atoms with van der Waals surface area (Å²) in [6.45, 7) is 4.71. The predicted octanol–water partition coefficient (Wildman–Crippen LogP) is 5.47. The second-order valence-corrected chi connectivity index (χ2v) is 8.98. The van der Waals surface area contributed by atoms with Crippen molar-refractivity contribution >= 4 is 29.1 Å². The van der Waals surface area contributed by atoms with E-state index in [1.54, 1.807) is 30.3 Å². The molecule has 2 aromatic carbocycles. The van der Waals surface area contributed by atoms with Crippen molar-refractivity contribution in [2.24, 2.45) is 5.92 Å². The van der Waals surface area contributed by atoms with Gasteiger partial charge in [0.05, 0.1) is 10.0 Å². The van der Waals surface area contributed by atoms with Gasteiger partial charge < -0.3 is 9.80 Å². The zero-order valence-corrected chi connectivity index (χ0v) is 17.8. The fourth-order valence-electron chi connectivity index (χ4n) is 4.53. The molecule has 154 valence electrons. The van der Waals surface area contributed by atoms with Crippen LogP contribution in [-0.2, 0) is 0 Å². The summed E-state index contributed by atoms with van der Waals surface area (Å²) in [5, 5.41) is 0.879. The molecule has 2 aliphatic heterocycles. The number of rotatable bonds is 4. The average molecular weight is 435 g/mol. The number of halogens is 3. The van der Waals surface area contributed by atoms with Crippen molar-refractivity contribution in [2.75, 3.05) is 32.7 Å². The first-order valence-electron chi connectivity index (χ1n) is 10.2. The summed E-state index contributed by atoms with van der Waals surface area (Å²) in [6, 6.07) is 12.0. The molecule has 2 heterocycles. The second kappa shape index (κ2) is 9.03. The van der Waals surface area contributed by atoms with E-state index >= 15 is 0 Å². The van der Waals surface area contributed by atoms with Crippen LogP contribution in [0.2, 0.25) is 10.0 Å². The molecular weight excluding hydrogens is 410 g/mol. The van der Waals surface area contributed by atoms with Crippen LogP contribution in [0.3, 0.4) is 0 Å². The molecule has 0 bridgehead atoms. The standard InChI is InChI=1S/C23H25Cl2FN2O/c24-21-6-3-19(13-22(21)25)23(29)28-12-7-16(15-28)14-27-10-8-18(9-11-27)17-1-4-20(26)5-2-17/h1-6,13,16,18H,7-12,14-15H2. The highest BCUT2D eigenvalue weighted by Crippen LogP contribution is 2.30. The van der Waals surface area contributed by atoms with Gasteiger partial charge in [-0.05, 0) is 80.1 Å². The zero-order valence-electron chi connectivity index (χ0n) is 16.3. The predicted molar refractivity (Wildman–Crippen MR) is 115 cm³/mol. The molecule has 1 amide bonds. The van der Waals surface area contributed by atoms with Gasteiger partial charge in [-0.15, -0.1) is 0 Å². The molecule has 0 aliphatic carbocycles. The van der Waals surface area contributed by atoms with E-state index in [0.29, 0.717) is 27.4 Å². The number of amides is 1. The lowest BCUT2D eigenvalue weighted by molar-refractivity contribution is 0.0782. The smallest absolute Gasteiger partial charge is 0.253 e. The SMILES string of the molecule is O=C(c1ccc(Cl)c(Cl)c1)N1CCC(CN2CCC(c3ccc(F)cc3)CC2)C1. The van der Waals surface area contributed by atoms with E-state index in [0.717, 1.165) is 52.0 Å². The third-order valence-corrected chi connectivity index (χ3v) is 6.92. The normalized spacial score (nSPS) is 20.9. The van der Waals surface area contributed by atoms with Crippen molar-refractivity contribution in [3.05, 3.63) is 69.5 Å². The van der Waals surface area contributed by atoms with Gasteiger partial charge in [0.2, 0.25) is 0 Å². The van der Waals surface area contributed by atoms with Crippen molar-refractivity contribution in [2.45, 2.75) is 25.2 Å². The van der Waals surface area contributed by atoms with Gasteiger partial charge in [0.25, 0.3) is 5.91 Å². The molecule has 0 N–H and O–H groups in total. The van der Waals surface area contributed by atoms with E-state index in [2.05, 4.69) is 4.90 Å². The first kappa shape index (κ1) is 20.6. The van der Waals surface area contributed by atoms with Crippen molar-refractivity contribution in [1.82, 2.24) is 9.80 Å². The Morgan fingerprint density at radius 2 is 1.69 bits per heavy atom. The second-order valence-electron chi connectivity index (χ2n) is 8.16. The molecule has 0 saturated carbocycles. The Morgan fingerprint density at radius 1 is 0.966 bits per heavy atom. The molecule has 2 saturated heterocycles. The quantitative estimate of drug-likeness (QED) is 0.636. The summed E-state index contributed by atoms with van der Waals surface area (Å²) >= 11 is 12.0. The van der Waals surface area contributed by atoms with E-state index < -0.39 is 0 Å². The number of nitrogens with zero attached hydrogens (tertiary/aromatic N) is 2. The summed E-state index contributed by atoms with van der Waals surface area (Å²) < 4.78 is 13.1. The number of carbonyl (C=O) groups is 1. The van der Waals surface area contributed by atoms with Gasteiger partial charge in [-0.3, -0.25) is 4.79 Å². The zero-order chi connectivity index (χ0) is 20.4. The maximum atomic E-state index is 13.1. The van der Waals surface area contributed by atoms with Gasteiger partial charge in [-0.1, -0.05) is 35.3 Å². The molecule has 2 aliphatic rings. The van der Waals surface area contributed by atoms with Crippen LogP contribution in [0.25, 0.3) is 0 Å². The monoisotopic (exact) mass is 434 g/mol. The number of hydrogen-bond donors (Lipinski definition) is 0. The van der Waals surface area contributed by atoms with Crippen LogP contribution in [-0.4, -0.2) is 48.4 Å². The fourth-order valence-corrected chi connectivity index (χ4v) is 4.82. The summed E-state index contributed by atoms with van der Waals surface area (Å²) in [5.41, 5.74) is 1.84. The minimum atomic E-state index is -0.174. The highest BCUT2D eigenvalue weighted by molar-refractivity contribution is 6.42. The molecule has 1 unspecified atom stereocenters. The van der Waals surface area contributed by atoms with E-state index in [-0.39, 0.29) is 11.7 Å². The molecule has 4 rings (SSSR count). The number of piperidine rings is 1. The van der Waals surface area contributed by atoms with Crippen LogP contribution < -0.4 is 0 Å². The van der Waals surface area contributed by atoms with E-state index in [1.807, 2.05) is 17.0 Å². The molecule has 0 radical (unpaired) electrons. The number of carbonyl (C=O) groups excluding carboxylic acids is 1. The van der Waals surface area contributed by atoms with Gasteiger partial charge in [0, 0.05) is 25.2 Å². The summed E-state index contributed by atoms with van der Waals surface area (Å²) in [4.78, 5) is 17.2. The van der Waals surface area contributed by atoms with Gasteiger partial charge in [0.1, 0.15) is 5.82 Å². The molecule has 3 nitrogen and oxygen atoms in total. The molecule has 0 aromatic heterocycles. The van der Waals surface area contributed by atoms with Crippen LogP contribution in [0.1, 0.15) is 41.1 Å². The number of likely N-dealkylation sites (tertiary alicyclic amines) is 2. The highest BCUT2D eigenvalue weighted by atomic mass is 35.5. The van der Waals surface area contributed by atoms with Crippen molar-refractivity contribution < 1.29 is 9.18 Å². The van der Waals surface area contributed by atoms with Gasteiger partial charge in [-0.25, -0.2) is 4.39 Å². The largest absolute Gasteiger partial charge is 0.338 e. The Hall–Kier alpha value is -1.62. The minimum Gasteiger partial charge on any atom is -0.338 e. The molecule has 2 fully saturated rings. The number of hydrogen-bond acceptors (Lipinski definition) is 2. The molecular formula is C23H25Cl2FN2O. The number of benzene rings is 2. The van der Waals surface area contributed by atoms with Crippen molar-refractivity contribution in [3.63, 3.8) is 0 Å². The Morgan fingerprint density at radius 3 is 2.38 bits per heavy atom. The van der Waals surface area contributed by atoms with Gasteiger partial charge in [0.15, 0.2) is 0 Å². The highest BCUT2D eigenvalue weighted by Gasteiger charge is 2.30. The maximum absolute atomic E-state index is 13.1. The minimum absolute atomic E-state index is 0.0288. The van der Waals surface area contributed by atoms with Crippen molar-refractivity contribution in [1.29, 1.82) is 0 Å². The first-order chi connectivity index (χ1) is 14.0. The average Bonchev–Trinajstić information content (AvgIpc) is 3.19. The van der Waals surface area contributed by atoms with E-state index in [4.69, 9.17) is 23.2 Å². The Kier molecular flexibility index (Phi) is 6.43. The summed E-state index contributed by atoms with van der Waals surface area (Å²) in [6.07, 6.45) is 3.24. The van der Waals surface area contributed by atoms with Crippen LogP contribution in [0, 0.1) is 11.7 Å². The van der Waals surface area contributed by atoms with Crippen LogP contribution in [0.5, 0.6) is 0 Å². The molecule has 6 heteroatoms. The molecule has 1 atom stereocenters. The molecule has 29 heavy (non-hydrogen) atoms. The lowest BCUT2D eigenvalue weighted by Gasteiger charge is -2.33. The Labute approximate surface area is 181 Å². The lowest BCUT2D eigenvalue weighted by Crippen LogP contribution is -2.37. The van der Waals surface area contributed by atoms with Gasteiger partial charge >= 0.3 is 0 Å². The summed E-state index contributed by atoms with van der Waals surface area (Å²) in [5.74, 6) is 0.876. The third kappa shape index (κ3) is 4.93. The maximum Gasteiger partial charge on any atom is 0.253 e. The fraction of sp³-hybridized carbons (Fsp3) is 0.435. The van der Waals surface area contributed by atoms with E-state index in [9.17, 15) is 9.18 Å². The Balaban J connectivity index is 1.27. The van der Waals surface area contributed by atoms with Crippen LogP contribution in [0.15, 0.2) is 42.5 Å². The van der Waals surface area contributed by atoms with E-state index in [1.165, 1.54) is 5.56 Å².